The maximum atomic E-state index is 5.91. The number of nitrogens with one attached hydrogen (secondary N) is 2. The number of rotatable bonds is 14. The van der Waals surface area contributed by atoms with Crippen LogP contribution in [-0.2, 0) is 14.2 Å². The molecule has 0 aromatic heterocycles. The van der Waals surface area contributed by atoms with E-state index in [2.05, 4.69) is 52.2 Å². The van der Waals surface area contributed by atoms with Crippen molar-refractivity contribution < 1.29 is 14.2 Å². The lowest BCUT2D eigenvalue weighted by atomic mass is 9.95. The summed E-state index contributed by atoms with van der Waals surface area (Å²) in [5, 5.41) is 7.06. The van der Waals surface area contributed by atoms with Crippen molar-refractivity contribution >= 4 is 0 Å². The van der Waals surface area contributed by atoms with E-state index >= 15 is 0 Å². The molecule has 0 fully saturated rings. The van der Waals surface area contributed by atoms with E-state index < -0.39 is 0 Å². The van der Waals surface area contributed by atoms with Crippen LogP contribution in [0.15, 0.2) is 0 Å². The van der Waals surface area contributed by atoms with Gasteiger partial charge >= 0.3 is 0 Å². The molecule has 0 rings (SSSR count). The lowest BCUT2D eigenvalue weighted by Gasteiger charge is -2.35. The summed E-state index contributed by atoms with van der Waals surface area (Å²) < 4.78 is 17.7. The van der Waals surface area contributed by atoms with Crippen LogP contribution in [0.5, 0.6) is 0 Å². The second-order valence-electron chi connectivity index (χ2n) is 7.65. The maximum absolute atomic E-state index is 5.91. The molecule has 25 heavy (non-hydrogen) atoms. The molecule has 5 nitrogen and oxygen atoms in total. The van der Waals surface area contributed by atoms with Gasteiger partial charge in [-0.1, -0.05) is 27.7 Å². The van der Waals surface area contributed by atoms with Crippen molar-refractivity contribution in [3.05, 3.63) is 0 Å². The van der Waals surface area contributed by atoms with Gasteiger partial charge in [0.25, 0.3) is 0 Å². The van der Waals surface area contributed by atoms with Crippen molar-refractivity contribution in [1.29, 1.82) is 0 Å². The Morgan fingerprint density at radius 1 is 0.600 bits per heavy atom. The third-order valence-corrected chi connectivity index (χ3v) is 5.40. The van der Waals surface area contributed by atoms with E-state index in [4.69, 9.17) is 14.2 Å². The minimum absolute atomic E-state index is 0.0777. The van der Waals surface area contributed by atoms with Crippen LogP contribution in [0.4, 0.5) is 0 Å². The Hall–Kier alpha value is -0.200. The predicted molar refractivity (Wildman–Crippen MR) is 105 cm³/mol. The fraction of sp³-hybridized carbons (Fsp3) is 1.00. The van der Waals surface area contributed by atoms with Gasteiger partial charge in [0.05, 0.1) is 0 Å². The van der Waals surface area contributed by atoms with Crippen LogP contribution in [-0.4, -0.2) is 36.1 Å². The standard InChI is InChI=1S/C20H44N2O3/c1-11-19(9,12-2)21-15(5)23-17(7)25-18(8)24-16(6)22-20(10,13-3)14-4/h15-18,21-22H,11-14H2,1-10H3. The first-order valence-corrected chi connectivity index (χ1v) is 10.0. The summed E-state index contributed by atoms with van der Waals surface area (Å²) in [7, 11) is 0. The van der Waals surface area contributed by atoms with Crippen LogP contribution in [0.2, 0.25) is 0 Å². The van der Waals surface area contributed by atoms with Crippen molar-refractivity contribution in [3.63, 3.8) is 0 Å². The highest BCUT2D eigenvalue weighted by atomic mass is 16.8. The van der Waals surface area contributed by atoms with Crippen LogP contribution in [0, 0.1) is 0 Å². The molecule has 0 saturated carbocycles. The van der Waals surface area contributed by atoms with E-state index in [1.165, 1.54) is 0 Å². The molecule has 0 aliphatic heterocycles. The van der Waals surface area contributed by atoms with Crippen molar-refractivity contribution in [3.8, 4) is 0 Å². The van der Waals surface area contributed by atoms with Crippen molar-refractivity contribution in [2.24, 2.45) is 0 Å². The average molecular weight is 361 g/mol. The molecule has 4 unspecified atom stereocenters. The van der Waals surface area contributed by atoms with E-state index in [1.54, 1.807) is 0 Å². The third kappa shape index (κ3) is 9.90. The van der Waals surface area contributed by atoms with E-state index in [9.17, 15) is 0 Å². The first kappa shape index (κ1) is 24.8. The summed E-state index contributed by atoms with van der Waals surface area (Å²) in [5.41, 5.74) is 0.175. The molecule has 0 aliphatic rings. The Morgan fingerprint density at radius 3 is 1.12 bits per heavy atom. The van der Waals surface area contributed by atoms with Crippen LogP contribution in [0.3, 0.4) is 0 Å². The first-order valence-electron chi connectivity index (χ1n) is 10.0. The van der Waals surface area contributed by atoms with Gasteiger partial charge in [-0.15, -0.1) is 0 Å². The lowest BCUT2D eigenvalue weighted by Crippen LogP contribution is -2.49. The summed E-state index contributed by atoms with van der Waals surface area (Å²) in [5.74, 6) is 0. The Labute approximate surface area is 156 Å². The third-order valence-electron chi connectivity index (χ3n) is 5.40. The largest absolute Gasteiger partial charge is 0.335 e. The molecule has 0 aliphatic carbocycles. The molecule has 0 aromatic rings. The summed E-state index contributed by atoms with van der Waals surface area (Å²) >= 11 is 0. The summed E-state index contributed by atoms with van der Waals surface area (Å²) in [6, 6.07) is 0. The van der Waals surface area contributed by atoms with E-state index in [0.29, 0.717) is 0 Å². The molecular weight excluding hydrogens is 316 g/mol. The second kappa shape index (κ2) is 11.5. The number of hydrogen-bond acceptors (Lipinski definition) is 5. The minimum atomic E-state index is -0.341. The Bertz CT molecular complexity index is 312. The van der Waals surface area contributed by atoms with Gasteiger partial charge < -0.3 is 14.2 Å². The lowest BCUT2D eigenvalue weighted by molar-refractivity contribution is -0.261. The SMILES string of the molecule is CCC(C)(CC)NC(C)OC(C)OC(C)OC(C)NC(C)(CC)CC. The van der Waals surface area contributed by atoms with Gasteiger partial charge in [-0.05, 0) is 67.2 Å². The Kier molecular flexibility index (Phi) is 11.4. The predicted octanol–water partition coefficient (Wildman–Crippen LogP) is 4.76. The topological polar surface area (TPSA) is 51.8 Å². The molecule has 0 saturated heterocycles. The number of hydrogen-bond donors (Lipinski definition) is 2. The summed E-state index contributed by atoms with van der Waals surface area (Å²) in [4.78, 5) is 0. The molecule has 5 heteroatoms. The quantitative estimate of drug-likeness (QED) is 0.438. The monoisotopic (exact) mass is 360 g/mol. The highest BCUT2D eigenvalue weighted by molar-refractivity contribution is 4.81. The van der Waals surface area contributed by atoms with E-state index in [0.717, 1.165) is 25.7 Å². The first-order chi connectivity index (χ1) is 11.5. The van der Waals surface area contributed by atoms with Crippen LogP contribution in [0.1, 0.15) is 94.9 Å². The molecule has 2 N–H and O–H groups in total. The highest BCUT2D eigenvalue weighted by Crippen LogP contribution is 2.17. The Morgan fingerprint density at radius 2 is 0.880 bits per heavy atom. The van der Waals surface area contributed by atoms with Gasteiger partial charge in [0, 0.05) is 11.1 Å². The van der Waals surface area contributed by atoms with Gasteiger partial charge in [0.15, 0.2) is 12.6 Å². The summed E-state index contributed by atoms with van der Waals surface area (Å²) in [6.45, 7) is 21.1. The van der Waals surface area contributed by atoms with Gasteiger partial charge in [-0.25, -0.2) is 0 Å². The minimum Gasteiger partial charge on any atom is -0.335 e. The maximum Gasteiger partial charge on any atom is 0.160 e. The molecule has 0 amide bonds. The molecular formula is C20H44N2O3. The normalized spacial score (nSPS) is 18.0. The van der Waals surface area contributed by atoms with Gasteiger partial charge in [-0.2, -0.15) is 0 Å². The van der Waals surface area contributed by atoms with Crippen LogP contribution >= 0.6 is 0 Å². The average Bonchev–Trinajstić information content (AvgIpc) is 2.53. The zero-order valence-electron chi connectivity index (χ0n) is 18.4. The molecule has 0 spiro atoms. The zero-order chi connectivity index (χ0) is 19.7. The molecule has 0 aromatic carbocycles. The van der Waals surface area contributed by atoms with Gasteiger partial charge in [0.2, 0.25) is 0 Å². The molecule has 0 heterocycles. The fourth-order valence-corrected chi connectivity index (χ4v) is 2.87. The Balaban J connectivity index is 4.31. The van der Waals surface area contributed by atoms with Crippen LogP contribution in [0.25, 0.3) is 0 Å². The molecule has 4 atom stereocenters. The smallest absolute Gasteiger partial charge is 0.160 e. The van der Waals surface area contributed by atoms with Gasteiger partial charge in [-0.3, -0.25) is 10.6 Å². The molecule has 152 valence electrons. The zero-order valence-corrected chi connectivity index (χ0v) is 18.4. The fourth-order valence-electron chi connectivity index (χ4n) is 2.87. The molecule has 0 radical (unpaired) electrons. The van der Waals surface area contributed by atoms with E-state index in [-0.39, 0.29) is 36.1 Å². The van der Waals surface area contributed by atoms with Gasteiger partial charge in [0.1, 0.15) is 12.5 Å². The number of ether oxygens (including phenoxy) is 3. The molecule has 0 bridgehead atoms. The highest BCUT2D eigenvalue weighted by Gasteiger charge is 2.25. The second-order valence-corrected chi connectivity index (χ2v) is 7.65. The van der Waals surface area contributed by atoms with E-state index in [1.807, 2.05) is 27.7 Å². The van der Waals surface area contributed by atoms with Crippen molar-refractivity contribution in [2.45, 2.75) is 131 Å². The summed E-state index contributed by atoms with van der Waals surface area (Å²) in [6.07, 6.45) is 3.40. The van der Waals surface area contributed by atoms with Crippen LogP contribution < -0.4 is 10.6 Å². The van der Waals surface area contributed by atoms with Crippen molar-refractivity contribution in [1.82, 2.24) is 10.6 Å². The van der Waals surface area contributed by atoms with Crippen molar-refractivity contribution in [2.75, 3.05) is 0 Å².